The standard InChI is InChI=1S/C15H23N3O2/c1-3-20-14-7-5-4-6-13(14)18-10-8-17(9-11-18)12(2)15(16)19/h4-7,12H,3,8-11H2,1-2H3,(H2,16,19)/t12-/m0/s1. The fourth-order valence-corrected chi connectivity index (χ4v) is 2.53. The molecule has 1 aromatic rings. The van der Waals surface area contributed by atoms with E-state index in [0.717, 1.165) is 37.6 Å². The third-order valence-corrected chi connectivity index (χ3v) is 3.78. The van der Waals surface area contributed by atoms with Gasteiger partial charge < -0.3 is 15.4 Å². The minimum Gasteiger partial charge on any atom is -0.492 e. The van der Waals surface area contributed by atoms with Gasteiger partial charge in [0.05, 0.1) is 18.3 Å². The Morgan fingerprint density at radius 1 is 1.30 bits per heavy atom. The van der Waals surface area contributed by atoms with Gasteiger partial charge in [0.15, 0.2) is 0 Å². The van der Waals surface area contributed by atoms with E-state index >= 15 is 0 Å². The van der Waals surface area contributed by atoms with Crippen LogP contribution >= 0.6 is 0 Å². The Bertz CT molecular complexity index is 456. The molecule has 1 aliphatic rings. The molecule has 2 N–H and O–H groups in total. The van der Waals surface area contributed by atoms with Crippen molar-refractivity contribution in [3.8, 4) is 5.75 Å². The molecule has 110 valence electrons. The second-order valence-electron chi connectivity index (χ2n) is 5.00. The van der Waals surface area contributed by atoms with E-state index in [-0.39, 0.29) is 11.9 Å². The topological polar surface area (TPSA) is 58.8 Å². The van der Waals surface area contributed by atoms with Crippen molar-refractivity contribution in [3.05, 3.63) is 24.3 Å². The molecule has 20 heavy (non-hydrogen) atoms. The van der Waals surface area contributed by atoms with Crippen LogP contribution in [-0.2, 0) is 4.79 Å². The Labute approximate surface area is 120 Å². The largest absolute Gasteiger partial charge is 0.492 e. The number of carbonyl (C=O) groups is 1. The van der Waals surface area contributed by atoms with E-state index in [2.05, 4.69) is 15.9 Å². The van der Waals surface area contributed by atoms with Gasteiger partial charge in [-0.3, -0.25) is 9.69 Å². The number of piperazine rings is 1. The molecular weight excluding hydrogens is 254 g/mol. The normalized spacial score (nSPS) is 17.8. The van der Waals surface area contributed by atoms with Gasteiger partial charge >= 0.3 is 0 Å². The molecule has 1 fully saturated rings. The van der Waals surface area contributed by atoms with Gasteiger partial charge in [0.1, 0.15) is 5.75 Å². The van der Waals surface area contributed by atoms with Gasteiger partial charge in [-0.05, 0) is 26.0 Å². The third-order valence-electron chi connectivity index (χ3n) is 3.78. The maximum atomic E-state index is 11.2. The molecule has 0 unspecified atom stereocenters. The first-order chi connectivity index (χ1) is 9.63. The van der Waals surface area contributed by atoms with Crippen LogP contribution < -0.4 is 15.4 Å². The zero-order valence-corrected chi connectivity index (χ0v) is 12.2. The number of hydrogen-bond acceptors (Lipinski definition) is 4. The van der Waals surface area contributed by atoms with Crippen molar-refractivity contribution in [2.24, 2.45) is 5.73 Å². The van der Waals surface area contributed by atoms with E-state index in [1.165, 1.54) is 0 Å². The molecule has 1 aliphatic heterocycles. The quantitative estimate of drug-likeness (QED) is 0.875. The molecule has 2 rings (SSSR count). The van der Waals surface area contributed by atoms with Gasteiger partial charge in [0.25, 0.3) is 0 Å². The van der Waals surface area contributed by atoms with Crippen LogP contribution in [0.2, 0.25) is 0 Å². The molecule has 0 aromatic heterocycles. The lowest BCUT2D eigenvalue weighted by molar-refractivity contribution is -0.122. The number of primary amides is 1. The van der Waals surface area contributed by atoms with Crippen molar-refractivity contribution in [3.63, 3.8) is 0 Å². The summed E-state index contributed by atoms with van der Waals surface area (Å²) in [5, 5.41) is 0. The van der Waals surface area contributed by atoms with Crippen LogP contribution in [0.5, 0.6) is 5.75 Å². The Kier molecular flexibility index (Phi) is 4.84. The number of hydrogen-bond donors (Lipinski definition) is 1. The van der Waals surface area contributed by atoms with E-state index in [9.17, 15) is 4.79 Å². The fourth-order valence-electron chi connectivity index (χ4n) is 2.53. The average molecular weight is 277 g/mol. The molecule has 5 nitrogen and oxygen atoms in total. The molecule has 1 aromatic carbocycles. The zero-order valence-electron chi connectivity index (χ0n) is 12.2. The minimum atomic E-state index is -0.256. The highest BCUT2D eigenvalue weighted by molar-refractivity contribution is 5.79. The van der Waals surface area contributed by atoms with E-state index in [4.69, 9.17) is 10.5 Å². The van der Waals surface area contributed by atoms with Gasteiger partial charge in [-0.2, -0.15) is 0 Å². The summed E-state index contributed by atoms with van der Waals surface area (Å²) in [6, 6.07) is 7.89. The van der Waals surface area contributed by atoms with E-state index in [1.54, 1.807) is 0 Å². The van der Waals surface area contributed by atoms with E-state index in [0.29, 0.717) is 6.61 Å². The molecule has 0 radical (unpaired) electrons. The molecule has 5 heteroatoms. The molecule has 1 heterocycles. The lowest BCUT2D eigenvalue weighted by atomic mass is 10.2. The van der Waals surface area contributed by atoms with Crippen LogP contribution in [-0.4, -0.2) is 49.6 Å². The highest BCUT2D eigenvalue weighted by Gasteiger charge is 2.25. The number of nitrogens with zero attached hydrogens (tertiary/aromatic N) is 2. The Morgan fingerprint density at radius 2 is 1.95 bits per heavy atom. The van der Waals surface area contributed by atoms with Crippen LogP contribution in [0.3, 0.4) is 0 Å². The zero-order chi connectivity index (χ0) is 14.5. The lowest BCUT2D eigenvalue weighted by Gasteiger charge is -2.38. The first-order valence-electron chi connectivity index (χ1n) is 7.13. The Morgan fingerprint density at radius 3 is 2.55 bits per heavy atom. The summed E-state index contributed by atoms with van der Waals surface area (Å²) in [5.74, 6) is 0.666. The molecule has 0 saturated carbocycles. The first kappa shape index (κ1) is 14.7. The van der Waals surface area contributed by atoms with Crippen molar-refractivity contribution in [2.75, 3.05) is 37.7 Å². The number of ether oxygens (including phenoxy) is 1. The number of benzene rings is 1. The first-order valence-corrected chi connectivity index (χ1v) is 7.13. The van der Waals surface area contributed by atoms with Crippen LogP contribution in [0.15, 0.2) is 24.3 Å². The third kappa shape index (κ3) is 3.22. The molecule has 0 bridgehead atoms. The van der Waals surface area contributed by atoms with Gasteiger partial charge in [0, 0.05) is 26.2 Å². The number of carbonyl (C=O) groups excluding carboxylic acids is 1. The molecular formula is C15H23N3O2. The molecule has 0 aliphatic carbocycles. The summed E-state index contributed by atoms with van der Waals surface area (Å²) in [6.45, 7) is 7.95. The predicted octanol–water partition coefficient (Wildman–Crippen LogP) is 1.08. The number of rotatable bonds is 5. The average Bonchev–Trinajstić information content (AvgIpc) is 2.47. The SMILES string of the molecule is CCOc1ccccc1N1CCN([C@@H](C)C(N)=O)CC1. The molecule has 0 spiro atoms. The van der Waals surface area contributed by atoms with Crippen LogP contribution in [0.1, 0.15) is 13.8 Å². The summed E-state index contributed by atoms with van der Waals surface area (Å²) in [7, 11) is 0. The summed E-state index contributed by atoms with van der Waals surface area (Å²) in [5.41, 5.74) is 6.49. The summed E-state index contributed by atoms with van der Waals surface area (Å²) in [4.78, 5) is 15.7. The Balaban J connectivity index is 2.02. The fraction of sp³-hybridized carbons (Fsp3) is 0.533. The maximum Gasteiger partial charge on any atom is 0.234 e. The van der Waals surface area contributed by atoms with Crippen LogP contribution in [0.4, 0.5) is 5.69 Å². The van der Waals surface area contributed by atoms with Gasteiger partial charge in [-0.25, -0.2) is 0 Å². The van der Waals surface area contributed by atoms with Crippen LogP contribution in [0.25, 0.3) is 0 Å². The Hall–Kier alpha value is -1.75. The second-order valence-corrected chi connectivity index (χ2v) is 5.00. The summed E-state index contributed by atoms with van der Waals surface area (Å²) in [6.07, 6.45) is 0. The number of para-hydroxylation sites is 2. The van der Waals surface area contributed by atoms with Gasteiger partial charge in [-0.15, -0.1) is 0 Å². The minimum absolute atomic E-state index is 0.195. The molecule has 1 saturated heterocycles. The summed E-state index contributed by atoms with van der Waals surface area (Å²) < 4.78 is 5.67. The van der Waals surface area contributed by atoms with E-state index < -0.39 is 0 Å². The monoisotopic (exact) mass is 277 g/mol. The number of amides is 1. The van der Waals surface area contributed by atoms with Crippen molar-refractivity contribution in [1.82, 2.24) is 4.90 Å². The maximum absolute atomic E-state index is 11.2. The van der Waals surface area contributed by atoms with Crippen molar-refractivity contribution >= 4 is 11.6 Å². The highest BCUT2D eigenvalue weighted by Crippen LogP contribution is 2.28. The second kappa shape index (κ2) is 6.61. The van der Waals surface area contributed by atoms with E-state index in [1.807, 2.05) is 32.0 Å². The van der Waals surface area contributed by atoms with Crippen LogP contribution in [0, 0.1) is 0 Å². The molecule has 1 atom stereocenters. The van der Waals surface area contributed by atoms with Gasteiger partial charge in [-0.1, -0.05) is 12.1 Å². The number of anilines is 1. The predicted molar refractivity (Wildman–Crippen MR) is 80.1 cm³/mol. The molecule has 1 amide bonds. The van der Waals surface area contributed by atoms with Gasteiger partial charge in [0.2, 0.25) is 5.91 Å². The van der Waals surface area contributed by atoms with Crippen molar-refractivity contribution in [2.45, 2.75) is 19.9 Å². The highest BCUT2D eigenvalue weighted by atomic mass is 16.5. The number of nitrogens with two attached hydrogens (primary N) is 1. The van der Waals surface area contributed by atoms with Crippen molar-refractivity contribution < 1.29 is 9.53 Å². The lowest BCUT2D eigenvalue weighted by Crippen LogP contribution is -2.53. The van der Waals surface area contributed by atoms with Crippen molar-refractivity contribution in [1.29, 1.82) is 0 Å². The summed E-state index contributed by atoms with van der Waals surface area (Å²) >= 11 is 0. The smallest absolute Gasteiger partial charge is 0.234 e.